The van der Waals surface area contributed by atoms with Gasteiger partial charge in [-0.15, -0.1) is 0 Å². The lowest BCUT2D eigenvalue weighted by Crippen LogP contribution is -1.97. The molecule has 0 fully saturated rings. The van der Waals surface area contributed by atoms with Crippen molar-refractivity contribution in [3.05, 3.63) is 41.9 Å². The molecule has 0 atom stereocenters. The van der Waals surface area contributed by atoms with E-state index >= 15 is 0 Å². The quantitative estimate of drug-likeness (QED) is 0.806. The molecule has 0 aliphatic rings. The lowest BCUT2D eigenvalue weighted by Gasteiger charge is -2.00. The molecule has 4 heteroatoms. The highest BCUT2D eigenvalue weighted by molar-refractivity contribution is 9.09. The van der Waals surface area contributed by atoms with Crippen molar-refractivity contribution < 1.29 is 0 Å². The van der Waals surface area contributed by atoms with Crippen LogP contribution in [0, 0.1) is 6.92 Å². The van der Waals surface area contributed by atoms with Crippen molar-refractivity contribution in [2.75, 3.05) is 5.33 Å². The number of pyridine rings is 1. The fourth-order valence-corrected chi connectivity index (χ4v) is 1.81. The molecule has 0 saturated heterocycles. The second-order valence-corrected chi connectivity index (χ2v) is 4.57. The van der Waals surface area contributed by atoms with Crippen LogP contribution in [0.1, 0.15) is 17.5 Å². The number of rotatable bonds is 4. The smallest absolute Gasteiger partial charge is 0.153 e. The summed E-state index contributed by atoms with van der Waals surface area (Å²) in [5.41, 5.74) is 2.45. The maximum Gasteiger partial charge on any atom is 0.153 e. The Balaban J connectivity index is 2.18. The van der Waals surface area contributed by atoms with Crippen LogP contribution < -0.4 is 0 Å². The number of aromatic nitrogens is 3. The monoisotopic (exact) mass is 279 g/mol. The first kappa shape index (κ1) is 11.3. The van der Waals surface area contributed by atoms with Crippen molar-refractivity contribution >= 4 is 15.9 Å². The molecule has 0 N–H and O–H groups in total. The maximum absolute atomic E-state index is 4.32. The molecule has 0 aliphatic carbocycles. The van der Waals surface area contributed by atoms with E-state index < -0.39 is 0 Å². The maximum atomic E-state index is 4.32. The highest BCUT2D eigenvalue weighted by atomic mass is 79.9. The third-order valence-electron chi connectivity index (χ3n) is 2.37. The summed E-state index contributed by atoms with van der Waals surface area (Å²) in [6, 6.07) is 4.01. The van der Waals surface area contributed by atoms with Gasteiger partial charge >= 0.3 is 0 Å². The first-order chi connectivity index (χ1) is 7.79. The van der Waals surface area contributed by atoms with Crippen LogP contribution in [-0.2, 0) is 6.42 Å². The third kappa shape index (κ3) is 2.70. The molecule has 0 unspecified atom stereocenters. The van der Waals surface area contributed by atoms with Crippen molar-refractivity contribution in [2.24, 2.45) is 0 Å². The van der Waals surface area contributed by atoms with Crippen molar-refractivity contribution in [3.63, 3.8) is 0 Å². The second kappa shape index (κ2) is 5.25. The van der Waals surface area contributed by atoms with Gasteiger partial charge in [0.25, 0.3) is 0 Å². The van der Waals surface area contributed by atoms with Gasteiger partial charge in [-0.2, -0.15) is 5.10 Å². The van der Waals surface area contributed by atoms with E-state index in [0.29, 0.717) is 0 Å². The van der Waals surface area contributed by atoms with Gasteiger partial charge in [0, 0.05) is 17.7 Å². The van der Waals surface area contributed by atoms with E-state index in [1.165, 1.54) is 11.1 Å². The highest BCUT2D eigenvalue weighted by Crippen LogP contribution is 2.09. The summed E-state index contributed by atoms with van der Waals surface area (Å²) in [5, 5.41) is 5.35. The Bertz CT molecular complexity index is 465. The summed E-state index contributed by atoms with van der Waals surface area (Å²) in [5.74, 6) is 0.880. The van der Waals surface area contributed by atoms with E-state index in [0.717, 1.165) is 24.0 Å². The van der Waals surface area contributed by atoms with E-state index in [4.69, 9.17) is 0 Å². The van der Waals surface area contributed by atoms with Crippen molar-refractivity contribution in [2.45, 2.75) is 19.8 Å². The molecule has 0 amide bonds. The Morgan fingerprint density at radius 1 is 1.44 bits per heavy atom. The number of hydrogen-bond donors (Lipinski definition) is 0. The van der Waals surface area contributed by atoms with Crippen LogP contribution in [0.3, 0.4) is 0 Å². The van der Waals surface area contributed by atoms with Crippen LogP contribution in [0.4, 0.5) is 0 Å². The Morgan fingerprint density at radius 2 is 2.31 bits per heavy atom. The molecule has 0 radical (unpaired) electrons. The zero-order chi connectivity index (χ0) is 11.4. The van der Waals surface area contributed by atoms with E-state index in [9.17, 15) is 0 Å². The zero-order valence-corrected chi connectivity index (χ0v) is 10.8. The van der Waals surface area contributed by atoms with Gasteiger partial charge in [0.1, 0.15) is 0 Å². The van der Waals surface area contributed by atoms with Crippen LogP contribution >= 0.6 is 15.9 Å². The first-order valence-corrected chi connectivity index (χ1v) is 6.44. The Morgan fingerprint density at radius 3 is 3.06 bits per heavy atom. The van der Waals surface area contributed by atoms with E-state index in [1.54, 1.807) is 0 Å². The number of alkyl halides is 1. The van der Waals surface area contributed by atoms with Crippen molar-refractivity contribution in [3.8, 4) is 5.82 Å². The van der Waals surface area contributed by atoms with Gasteiger partial charge in [-0.3, -0.25) is 0 Å². The minimum atomic E-state index is 0.880. The third-order valence-corrected chi connectivity index (χ3v) is 2.93. The van der Waals surface area contributed by atoms with Gasteiger partial charge in [0.15, 0.2) is 5.82 Å². The van der Waals surface area contributed by atoms with Crippen molar-refractivity contribution in [1.29, 1.82) is 0 Å². The lowest BCUT2D eigenvalue weighted by molar-refractivity contribution is 0.843. The molecule has 3 nitrogen and oxygen atoms in total. The number of nitrogens with zero attached hydrogens (tertiary/aromatic N) is 3. The average Bonchev–Trinajstić information content (AvgIpc) is 2.75. The van der Waals surface area contributed by atoms with Gasteiger partial charge in [-0.25, -0.2) is 9.67 Å². The van der Waals surface area contributed by atoms with E-state index in [-0.39, 0.29) is 0 Å². The van der Waals surface area contributed by atoms with Gasteiger partial charge in [0.2, 0.25) is 0 Å². The highest BCUT2D eigenvalue weighted by Gasteiger charge is 2.01. The van der Waals surface area contributed by atoms with Gasteiger partial charge in [-0.05, 0) is 43.0 Å². The molecule has 2 aromatic rings. The number of aryl methyl sites for hydroxylation is 2. The molecule has 84 valence electrons. The summed E-state index contributed by atoms with van der Waals surface area (Å²) < 4.78 is 1.83. The predicted octanol–water partition coefficient (Wildman–Crippen LogP) is 2.90. The molecular formula is C12H14BrN3. The lowest BCUT2D eigenvalue weighted by atomic mass is 10.2. The minimum absolute atomic E-state index is 0.880. The molecule has 16 heavy (non-hydrogen) atoms. The molecular weight excluding hydrogens is 266 g/mol. The normalized spacial score (nSPS) is 10.6. The number of halogens is 1. The Hall–Kier alpha value is -1.16. The average molecular weight is 280 g/mol. The zero-order valence-electron chi connectivity index (χ0n) is 9.23. The van der Waals surface area contributed by atoms with Crippen LogP contribution in [0.5, 0.6) is 0 Å². The van der Waals surface area contributed by atoms with E-state index in [2.05, 4.69) is 32.9 Å². The molecule has 0 saturated carbocycles. The topological polar surface area (TPSA) is 30.7 Å². The molecule has 0 aliphatic heterocycles. The van der Waals surface area contributed by atoms with Gasteiger partial charge in [0.05, 0.1) is 6.20 Å². The van der Waals surface area contributed by atoms with Crippen LogP contribution in [0.2, 0.25) is 0 Å². The second-order valence-electron chi connectivity index (χ2n) is 3.78. The molecule has 2 aromatic heterocycles. The van der Waals surface area contributed by atoms with E-state index in [1.807, 2.05) is 35.4 Å². The minimum Gasteiger partial charge on any atom is -0.237 e. The van der Waals surface area contributed by atoms with Crippen LogP contribution in [0.15, 0.2) is 30.7 Å². The van der Waals surface area contributed by atoms with Gasteiger partial charge < -0.3 is 0 Å². The SMILES string of the molecule is Cc1ccnc(-n2cc(CCCBr)cn2)c1. The standard InChI is InChI=1S/C12H14BrN3/c1-10-4-6-14-12(7-10)16-9-11(8-15-16)3-2-5-13/h4,6-9H,2-3,5H2,1H3. The fourth-order valence-electron chi connectivity index (χ4n) is 1.53. The molecule has 0 aromatic carbocycles. The largest absolute Gasteiger partial charge is 0.237 e. The Kier molecular flexibility index (Phi) is 3.72. The van der Waals surface area contributed by atoms with Crippen molar-refractivity contribution in [1.82, 2.24) is 14.8 Å². The van der Waals surface area contributed by atoms with Crippen LogP contribution in [0.25, 0.3) is 5.82 Å². The Labute approximate surface area is 104 Å². The van der Waals surface area contributed by atoms with Gasteiger partial charge in [-0.1, -0.05) is 15.9 Å². The predicted molar refractivity (Wildman–Crippen MR) is 68.2 cm³/mol. The summed E-state index contributed by atoms with van der Waals surface area (Å²) in [6.45, 7) is 2.06. The van der Waals surface area contributed by atoms with Crippen LogP contribution in [-0.4, -0.2) is 20.1 Å². The first-order valence-electron chi connectivity index (χ1n) is 5.32. The molecule has 2 heterocycles. The fraction of sp³-hybridized carbons (Fsp3) is 0.333. The summed E-state index contributed by atoms with van der Waals surface area (Å²) in [4.78, 5) is 4.29. The number of hydrogen-bond acceptors (Lipinski definition) is 2. The summed E-state index contributed by atoms with van der Waals surface area (Å²) in [6.07, 6.45) is 7.95. The molecule has 0 bridgehead atoms. The molecule has 2 rings (SSSR count). The summed E-state index contributed by atoms with van der Waals surface area (Å²) >= 11 is 3.43. The summed E-state index contributed by atoms with van der Waals surface area (Å²) in [7, 11) is 0. The molecule has 0 spiro atoms.